The number of nitrogens with zero attached hydrogens (tertiary/aromatic N) is 5. The van der Waals surface area contributed by atoms with Crippen LogP contribution >= 0.6 is 11.3 Å². The van der Waals surface area contributed by atoms with Crippen molar-refractivity contribution >= 4 is 11.3 Å². The Morgan fingerprint density at radius 1 is 1.29 bits per heavy atom. The zero-order valence-electron chi connectivity index (χ0n) is 11.9. The molecule has 0 radical (unpaired) electrons. The second kappa shape index (κ2) is 5.13. The molecular formula is C15H17N5S. The van der Waals surface area contributed by atoms with E-state index in [9.17, 15) is 0 Å². The summed E-state index contributed by atoms with van der Waals surface area (Å²) < 4.78 is 4.21. The number of hydrogen-bond acceptors (Lipinski definition) is 4. The van der Waals surface area contributed by atoms with E-state index in [2.05, 4.69) is 42.6 Å². The van der Waals surface area contributed by atoms with Gasteiger partial charge in [-0.25, -0.2) is 4.98 Å². The van der Waals surface area contributed by atoms with Crippen LogP contribution in [0.25, 0.3) is 11.3 Å². The summed E-state index contributed by atoms with van der Waals surface area (Å²) in [5.74, 6) is 1.16. The van der Waals surface area contributed by atoms with Crippen molar-refractivity contribution in [3.05, 3.63) is 46.8 Å². The van der Waals surface area contributed by atoms with E-state index in [1.807, 2.05) is 24.1 Å². The summed E-state index contributed by atoms with van der Waals surface area (Å²) in [6.45, 7) is 3.89. The smallest absolute Gasteiger partial charge is 0.123 e. The van der Waals surface area contributed by atoms with E-state index in [1.165, 1.54) is 16.8 Å². The molecule has 0 spiro atoms. The maximum atomic E-state index is 4.61. The molecule has 0 saturated heterocycles. The fourth-order valence-electron chi connectivity index (χ4n) is 2.90. The molecule has 5 nitrogen and oxygen atoms in total. The van der Waals surface area contributed by atoms with Crippen LogP contribution in [0.5, 0.6) is 0 Å². The molecular weight excluding hydrogens is 282 g/mol. The van der Waals surface area contributed by atoms with Gasteiger partial charge in [0.25, 0.3) is 0 Å². The first-order chi connectivity index (χ1) is 10.3. The Bertz CT molecular complexity index is 740. The van der Waals surface area contributed by atoms with Crippen molar-refractivity contribution in [3.8, 4) is 11.3 Å². The molecule has 4 rings (SSSR count). The Hall–Kier alpha value is -1.92. The molecule has 0 saturated carbocycles. The first kappa shape index (κ1) is 12.8. The minimum Gasteiger partial charge on any atom is -0.326 e. The lowest BCUT2D eigenvalue weighted by atomic mass is 10.2. The molecule has 0 atom stereocenters. The highest BCUT2D eigenvalue weighted by molar-refractivity contribution is 7.08. The zero-order valence-corrected chi connectivity index (χ0v) is 12.8. The first-order valence-corrected chi connectivity index (χ1v) is 8.01. The molecule has 3 aromatic heterocycles. The average molecular weight is 299 g/mol. The number of rotatable bonds is 3. The van der Waals surface area contributed by atoms with E-state index >= 15 is 0 Å². The topological polar surface area (TPSA) is 38.9 Å². The van der Waals surface area contributed by atoms with E-state index in [0.29, 0.717) is 0 Å². The number of thiophene rings is 1. The van der Waals surface area contributed by atoms with Gasteiger partial charge in [0.1, 0.15) is 5.82 Å². The van der Waals surface area contributed by atoms with Gasteiger partial charge in [-0.05, 0) is 11.4 Å². The highest BCUT2D eigenvalue weighted by Crippen LogP contribution is 2.26. The molecule has 4 heterocycles. The van der Waals surface area contributed by atoms with Crippen LogP contribution < -0.4 is 0 Å². The number of fused-ring (bicyclic) bond motifs is 1. The maximum absolute atomic E-state index is 4.61. The second-order valence-corrected chi connectivity index (χ2v) is 6.24. The summed E-state index contributed by atoms with van der Waals surface area (Å²) in [6.07, 6.45) is 6.03. The lowest BCUT2D eigenvalue weighted by Crippen LogP contribution is -2.33. The highest BCUT2D eigenvalue weighted by Gasteiger charge is 2.20. The normalized spacial score (nSPS) is 15.3. The number of aryl methyl sites for hydroxylation is 1. The summed E-state index contributed by atoms with van der Waals surface area (Å²) in [5, 5.41) is 8.54. The van der Waals surface area contributed by atoms with E-state index in [4.69, 9.17) is 0 Å². The zero-order chi connectivity index (χ0) is 14.2. The van der Waals surface area contributed by atoms with Crippen LogP contribution in [0, 0.1) is 0 Å². The van der Waals surface area contributed by atoms with E-state index in [0.717, 1.165) is 32.0 Å². The number of hydrogen-bond donors (Lipinski definition) is 0. The Balaban J connectivity index is 1.53. The van der Waals surface area contributed by atoms with Crippen molar-refractivity contribution in [3.63, 3.8) is 0 Å². The van der Waals surface area contributed by atoms with Crippen molar-refractivity contribution in [1.29, 1.82) is 0 Å². The van der Waals surface area contributed by atoms with Crippen LogP contribution in [-0.4, -0.2) is 30.8 Å². The minimum atomic E-state index is 0.902. The molecule has 0 fully saturated rings. The van der Waals surface area contributed by atoms with Crippen molar-refractivity contribution in [1.82, 2.24) is 24.2 Å². The van der Waals surface area contributed by atoms with Crippen LogP contribution in [0.15, 0.2) is 35.4 Å². The molecule has 21 heavy (non-hydrogen) atoms. The lowest BCUT2D eigenvalue weighted by molar-refractivity contribution is 0.209. The highest BCUT2D eigenvalue weighted by atomic mass is 32.1. The van der Waals surface area contributed by atoms with Crippen molar-refractivity contribution in [2.75, 3.05) is 6.54 Å². The van der Waals surface area contributed by atoms with E-state index in [-0.39, 0.29) is 0 Å². The molecule has 0 bridgehead atoms. The predicted molar refractivity (Wildman–Crippen MR) is 82.9 cm³/mol. The molecule has 1 aliphatic rings. The van der Waals surface area contributed by atoms with Gasteiger partial charge < -0.3 is 4.57 Å². The van der Waals surface area contributed by atoms with Crippen molar-refractivity contribution < 1.29 is 0 Å². The van der Waals surface area contributed by atoms with Gasteiger partial charge in [-0.15, -0.1) is 0 Å². The molecule has 0 aromatic carbocycles. The Labute approximate surface area is 127 Å². The van der Waals surface area contributed by atoms with E-state index in [1.54, 1.807) is 11.3 Å². The van der Waals surface area contributed by atoms with Crippen LogP contribution in [0.3, 0.4) is 0 Å². The molecule has 108 valence electrons. The molecule has 1 aliphatic heterocycles. The molecule has 3 aromatic rings. The van der Waals surface area contributed by atoms with Gasteiger partial charge >= 0.3 is 0 Å². The summed E-state index contributed by atoms with van der Waals surface area (Å²) in [4.78, 5) is 7.04. The van der Waals surface area contributed by atoms with Crippen molar-refractivity contribution in [2.24, 2.45) is 7.05 Å². The van der Waals surface area contributed by atoms with Gasteiger partial charge in [0.2, 0.25) is 0 Å². The van der Waals surface area contributed by atoms with Crippen LogP contribution in [0.2, 0.25) is 0 Å². The molecule has 0 aliphatic carbocycles. The standard InChI is InChI=1S/C15H17N5S/c1-18-8-12(6-17-18)9-19-3-4-20-14(7-16-15(20)10-19)13-2-5-21-11-13/h2,5-8,11H,3-4,9-10H2,1H3. The Morgan fingerprint density at radius 3 is 3.00 bits per heavy atom. The lowest BCUT2D eigenvalue weighted by Gasteiger charge is -2.28. The van der Waals surface area contributed by atoms with Crippen LogP contribution in [0.1, 0.15) is 11.4 Å². The Kier molecular flexibility index (Phi) is 3.12. The summed E-state index contributed by atoms with van der Waals surface area (Å²) in [7, 11) is 1.96. The van der Waals surface area contributed by atoms with Crippen molar-refractivity contribution in [2.45, 2.75) is 19.6 Å². The van der Waals surface area contributed by atoms with Gasteiger partial charge in [0, 0.05) is 49.4 Å². The maximum Gasteiger partial charge on any atom is 0.123 e. The third kappa shape index (κ3) is 2.41. The number of imidazole rings is 1. The summed E-state index contributed by atoms with van der Waals surface area (Å²) in [6, 6.07) is 2.16. The third-order valence-electron chi connectivity index (χ3n) is 3.92. The molecule has 0 unspecified atom stereocenters. The SMILES string of the molecule is Cn1cc(CN2CCn3c(-c4ccsc4)cnc3C2)cn1. The fraction of sp³-hybridized carbons (Fsp3) is 0.333. The van der Waals surface area contributed by atoms with Gasteiger partial charge in [-0.3, -0.25) is 9.58 Å². The van der Waals surface area contributed by atoms with Gasteiger partial charge in [0.05, 0.1) is 24.6 Å². The van der Waals surface area contributed by atoms with Gasteiger partial charge in [0.15, 0.2) is 0 Å². The van der Waals surface area contributed by atoms with Crippen LogP contribution in [-0.2, 0) is 26.7 Å². The third-order valence-corrected chi connectivity index (χ3v) is 4.61. The molecule has 0 N–H and O–H groups in total. The van der Waals surface area contributed by atoms with Gasteiger partial charge in [-0.2, -0.15) is 16.4 Å². The Morgan fingerprint density at radius 2 is 2.24 bits per heavy atom. The second-order valence-electron chi connectivity index (χ2n) is 5.46. The predicted octanol–water partition coefficient (Wildman–Crippen LogP) is 2.36. The largest absolute Gasteiger partial charge is 0.326 e. The molecule has 6 heteroatoms. The monoisotopic (exact) mass is 299 g/mol. The minimum absolute atomic E-state index is 0.902. The summed E-state index contributed by atoms with van der Waals surface area (Å²) >= 11 is 1.73. The fourth-order valence-corrected chi connectivity index (χ4v) is 3.55. The number of aromatic nitrogens is 4. The summed E-state index contributed by atoms with van der Waals surface area (Å²) in [5.41, 5.74) is 3.78. The average Bonchev–Trinajstić information content (AvgIpc) is 3.18. The molecule has 0 amide bonds. The van der Waals surface area contributed by atoms with Crippen LogP contribution in [0.4, 0.5) is 0 Å². The first-order valence-electron chi connectivity index (χ1n) is 7.06. The quantitative estimate of drug-likeness (QED) is 0.745. The van der Waals surface area contributed by atoms with Gasteiger partial charge in [-0.1, -0.05) is 0 Å². The van der Waals surface area contributed by atoms with E-state index < -0.39 is 0 Å².